The minimum Gasteiger partial charge on any atom is -0.435 e. The van der Waals surface area contributed by atoms with Gasteiger partial charge in [-0.1, -0.05) is 22.9 Å². The van der Waals surface area contributed by atoms with Gasteiger partial charge in [0.2, 0.25) is 0 Å². The molecular formula is C10H10BrF2O. The van der Waals surface area contributed by atoms with Gasteiger partial charge in [-0.3, -0.25) is 0 Å². The lowest BCUT2D eigenvalue weighted by molar-refractivity contribution is -0.0499. The van der Waals surface area contributed by atoms with Crippen LogP contribution in [0, 0.1) is 6.92 Å². The summed E-state index contributed by atoms with van der Waals surface area (Å²) in [7, 11) is 0. The Morgan fingerprint density at radius 2 is 2.00 bits per heavy atom. The Bertz CT molecular complexity index is 313. The van der Waals surface area contributed by atoms with Crippen LogP contribution < -0.4 is 4.74 Å². The highest BCUT2D eigenvalue weighted by Gasteiger charge is 2.08. The molecule has 0 bridgehead atoms. The highest BCUT2D eigenvalue weighted by molar-refractivity contribution is 9.10. The van der Waals surface area contributed by atoms with E-state index in [2.05, 4.69) is 27.6 Å². The predicted molar refractivity (Wildman–Crippen MR) is 54.5 cm³/mol. The molecule has 1 nitrogen and oxygen atoms in total. The van der Waals surface area contributed by atoms with E-state index in [0.29, 0.717) is 4.47 Å². The van der Waals surface area contributed by atoms with Gasteiger partial charge in [0.05, 0.1) is 0 Å². The van der Waals surface area contributed by atoms with Crippen LogP contribution in [0.15, 0.2) is 22.7 Å². The van der Waals surface area contributed by atoms with Crippen molar-refractivity contribution in [3.05, 3.63) is 35.2 Å². The summed E-state index contributed by atoms with van der Waals surface area (Å²) in [5.41, 5.74) is 0.857. The number of halogens is 3. The van der Waals surface area contributed by atoms with Crippen molar-refractivity contribution >= 4 is 15.9 Å². The van der Waals surface area contributed by atoms with Gasteiger partial charge in [0.25, 0.3) is 0 Å². The van der Waals surface area contributed by atoms with Gasteiger partial charge < -0.3 is 4.74 Å². The van der Waals surface area contributed by atoms with Crippen LogP contribution in [0.25, 0.3) is 0 Å². The Morgan fingerprint density at radius 3 is 2.50 bits per heavy atom. The molecule has 0 aliphatic heterocycles. The third-order valence-corrected chi connectivity index (χ3v) is 2.15. The van der Waals surface area contributed by atoms with Gasteiger partial charge >= 0.3 is 6.61 Å². The fourth-order valence-corrected chi connectivity index (χ4v) is 1.53. The van der Waals surface area contributed by atoms with Gasteiger partial charge in [-0.25, -0.2) is 0 Å². The quantitative estimate of drug-likeness (QED) is 0.802. The average molecular weight is 264 g/mol. The number of alkyl halides is 2. The molecule has 1 radical (unpaired) electrons. The summed E-state index contributed by atoms with van der Waals surface area (Å²) >= 11 is 3.22. The first-order valence-corrected chi connectivity index (χ1v) is 4.86. The zero-order valence-corrected chi connectivity index (χ0v) is 9.22. The summed E-state index contributed by atoms with van der Waals surface area (Å²) in [6.07, 6.45) is 0. The van der Waals surface area contributed by atoms with Gasteiger partial charge in [0, 0.05) is 4.47 Å². The lowest BCUT2D eigenvalue weighted by Crippen LogP contribution is -2.02. The fraction of sp³-hybridized carbons (Fsp3) is 0.300. The van der Waals surface area contributed by atoms with E-state index >= 15 is 0 Å². The third kappa shape index (κ3) is 3.25. The maximum absolute atomic E-state index is 11.9. The minimum atomic E-state index is -2.79. The molecule has 0 saturated carbocycles. The van der Waals surface area contributed by atoms with Gasteiger partial charge in [0.15, 0.2) is 0 Å². The van der Waals surface area contributed by atoms with Crippen LogP contribution in [0.4, 0.5) is 8.78 Å². The van der Waals surface area contributed by atoms with Gasteiger partial charge in [-0.05, 0) is 36.6 Å². The van der Waals surface area contributed by atoms with Crippen LogP contribution in [0.1, 0.15) is 18.4 Å². The molecular weight excluding hydrogens is 254 g/mol. The standard InChI is InChI=1S/C10H10BrF2O/c1-6(2)7-3-8(11)5-9(4-7)14-10(12)13/h3-6,10H,1H2,2H3. The van der Waals surface area contributed by atoms with Crippen molar-refractivity contribution in [3.8, 4) is 5.75 Å². The molecule has 0 heterocycles. The normalized spacial score (nSPS) is 11.1. The Kier molecular flexibility index (Phi) is 3.86. The molecule has 0 amide bonds. The van der Waals surface area contributed by atoms with E-state index in [9.17, 15) is 8.78 Å². The predicted octanol–water partition coefficient (Wildman–Crippen LogP) is 3.99. The molecule has 4 heteroatoms. The third-order valence-electron chi connectivity index (χ3n) is 1.69. The number of hydrogen-bond acceptors (Lipinski definition) is 1. The molecule has 0 aliphatic rings. The van der Waals surface area contributed by atoms with E-state index in [1.165, 1.54) is 6.07 Å². The van der Waals surface area contributed by atoms with E-state index in [1.54, 1.807) is 6.07 Å². The van der Waals surface area contributed by atoms with E-state index < -0.39 is 6.61 Å². The monoisotopic (exact) mass is 263 g/mol. The van der Waals surface area contributed by atoms with Gasteiger partial charge in [0.1, 0.15) is 5.75 Å². The Morgan fingerprint density at radius 1 is 1.36 bits per heavy atom. The smallest absolute Gasteiger partial charge is 0.387 e. The molecule has 1 unspecified atom stereocenters. The Labute approximate surface area is 90.2 Å². The van der Waals surface area contributed by atoms with Crippen molar-refractivity contribution in [2.45, 2.75) is 19.5 Å². The molecule has 1 atom stereocenters. The van der Waals surface area contributed by atoms with Gasteiger partial charge in [-0.15, -0.1) is 0 Å². The first-order chi connectivity index (χ1) is 6.49. The summed E-state index contributed by atoms with van der Waals surface area (Å²) < 4.78 is 28.9. The largest absolute Gasteiger partial charge is 0.435 e. The maximum Gasteiger partial charge on any atom is 0.387 e. The van der Waals surface area contributed by atoms with E-state index in [0.717, 1.165) is 5.56 Å². The topological polar surface area (TPSA) is 9.23 Å². The molecule has 0 fully saturated rings. The highest BCUT2D eigenvalue weighted by atomic mass is 79.9. The van der Waals surface area contributed by atoms with Crippen LogP contribution in [0.2, 0.25) is 0 Å². The molecule has 0 saturated heterocycles. The van der Waals surface area contributed by atoms with Crippen molar-refractivity contribution in [3.63, 3.8) is 0 Å². The minimum absolute atomic E-state index is 0.0347. The molecule has 1 aromatic carbocycles. The maximum atomic E-state index is 11.9. The van der Waals surface area contributed by atoms with Crippen molar-refractivity contribution in [2.24, 2.45) is 0 Å². The molecule has 1 aromatic rings. The van der Waals surface area contributed by atoms with Crippen molar-refractivity contribution in [2.75, 3.05) is 0 Å². The number of ether oxygens (including phenoxy) is 1. The Balaban J connectivity index is 2.95. The first kappa shape index (κ1) is 11.4. The van der Waals surface area contributed by atoms with Crippen LogP contribution in [-0.4, -0.2) is 6.61 Å². The summed E-state index contributed by atoms with van der Waals surface area (Å²) in [6.45, 7) is 2.89. The van der Waals surface area contributed by atoms with Crippen LogP contribution in [0.5, 0.6) is 5.75 Å². The molecule has 0 aromatic heterocycles. The van der Waals surface area contributed by atoms with Crippen molar-refractivity contribution in [1.82, 2.24) is 0 Å². The number of rotatable bonds is 3. The van der Waals surface area contributed by atoms with E-state index in [4.69, 9.17) is 0 Å². The lowest BCUT2D eigenvalue weighted by atomic mass is 10.0. The first-order valence-electron chi connectivity index (χ1n) is 4.07. The molecule has 77 valence electrons. The van der Waals surface area contributed by atoms with E-state index in [-0.39, 0.29) is 11.7 Å². The fourth-order valence-electron chi connectivity index (χ4n) is 1.04. The highest BCUT2D eigenvalue weighted by Crippen LogP contribution is 2.26. The number of hydrogen-bond donors (Lipinski definition) is 0. The van der Waals surface area contributed by atoms with Gasteiger partial charge in [-0.2, -0.15) is 8.78 Å². The summed E-state index contributed by atoms with van der Waals surface area (Å²) in [5, 5.41) is 0. The summed E-state index contributed by atoms with van der Waals surface area (Å²) in [5.74, 6) is 0.187. The Hall–Kier alpha value is -0.640. The number of benzene rings is 1. The molecule has 1 rings (SSSR count). The molecule has 0 aliphatic carbocycles. The zero-order chi connectivity index (χ0) is 10.7. The molecule has 0 spiro atoms. The van der Waals surface area contributed by atoms with Crippen LogP contribution in [0.3, 0.4) is 0 Å². The second-order valence-corrected chi connectivity index (χ2v) is 3.92. The average Bonchev–Trinajstić information content (AvgIpc) is 2.01. The second-order valence-electron chi connectivity index (χ2n) is 3.00. The lowest BCUT2D eigenvalue weighted by Gasteiger charge is -2.10. The van der Waals surface area contributed by atoms with Crippen molar-refractivity contribution < 1.29 is 13.5 Å². The van der Waals surface area contributed by atoms with Crippen LogP contribution >= 0.6 is 15.9 Å². The molecule has 14 heavy (non-hydrogen) atoms. The molecule has 0 N–H and O–H groups in total. The van der Waals surface area contributed by atoms with Crippen molar-refractivity contribution in [1.29, 1.82) is 0 Å². The second kappa shape index (κ2) is 4.73. The summed E-state index contributed by atoms with van der Waals surface area (Å²) in [4.78, 5) is 0. The van der Waals surface area contributed by atoms with E-state index in [1.807, 2.05) is 13.0 Å². The SMILES string of the molecule is [CH2]C(C)c1cc(Br)cc(OC(F)F)c1. The zero-order valence-electron chi connectivity index (χ0n) is 7.64. The van der Waals surface area contributed by atoms with Crippen LogP contribution in [-0.2, 0) is 0 Å². The summed E-state index contributed by atoms with van der Waals surface area (Å²) in [6, 6.07) is 4.89.